The molecule has 4 heterocycles. The molecule has 2 aliphatic heterocycles. The van der Waals surface area contributed by atoms with E-state index < -0.39 is 0 Å². The number of nitrogens with zero attached hydrogens (tertiary/aromatic N) is 5. The van der Waals surface area contributed by atoms with Crippen molar-refractivity contribution in [2.75, 3.05) is 31.1 Å². The molecular formula is C18H24N6O2. The van der Waals surface area contributed by atoms with Crippen molar-refractivity contribution in [3.63, 3.8) is 0 Å². The van der Waals surface area contributed by atoms with Gasteiger partial charge in [0.15, 0.2) is 0 Å². The Morgan fingerprint density at radius 1 is 1.54 bits per heavy atom. The van der Waals surface area contributed by atoms with Crippen molar-refractivity contribution >= 4 is 22.8 Å². The van der Waals surface area contributed by atoms with Crippen LogP contribution in [0.2, 0.25) is 0 Å². The van der Waals surface area contributed by atoms with Gasteiger partial charge in [-0.15, -0.1) is 0 Å². The fourth-order valence-electron chi connectivity index (χ4n) is 4.02. The Hall–Kier alpha value is -2.66. The van der Waals surface area contributed by atoms with Crippen molar-refractivity contribution < 1.29 is 9.90 Å². The average molecular weight is 356 g/mol. The number of H-pyrrole nitrogens is 1. The van der Waals surface area contributed by atoms with Gasteiger partial charge in [-0.1, -0.05) is 6.92 Å². The van der Waals surface area contributed by atoms with Gasteiger partial charge in [-0.2, -0.15) is 5.26 Å². The number of nitriles is 1. The molecule has 0 unspecified atom stereocenters. The number of aliphatic hydroxyl groups excluding tert-OH is 1. The zero-order chi connectivity index (χ0) is 18.7. The molecule has 2 fully saturated rings. The Balaban J connectivity index is 0.000000613. The summed E-state index contributed by atoms with van der Waals surface area (Å²) in [5, 5.41) is 17.4. The number of carbonyl (C=O) groups excluding carboxylic acids is 1. The third-order valence-corrected chi connectivity index (χ3v) is 5.35. The lowest BCUT2D eigenvalue weighted by Gasteiger charge is -2.55. The molecule has 0 radical (unpaired) electrons. The number of amides is 1. The Morgan fingerprint density at radius 2 is 2.31 bits per heavy atom. The fourth-order valence-corrected chi connectivity index (χ4v) is 4.02. The first-order valence-electron chi connectivity index (χ1n) is 8.88. The van der Waals surface area contributed by atoms with Crippen molar-refractivity contribution in [3.05, 3.63) is 18.6 Å². The van der Waals surface area contributed by atoms with Gasteiger partial charge in [-0.05, 0) is 25.3 Å². The summed E-state index contributed by atoms with van der Waals surface area (Å²) < 4.78 is 0. The van der Waals surface area contributed by atoms with E-state index in [2.05, 4.69) is 26.8 Å². The summed E-state index contributed by atoms with van der Waals surface area (Å²) >= 11 is 0. The number of rotatable bonds is 2. The van der Waals surface area contributed by atoms with E-state index in [1.165, 1.54) is 0 Å². The second-order valence-corrected chi connectivity index (χ2v) is 6.77. The zero-order valence-electron chi connectivity index (χ0n) is 15.1. The van der Waals surface area contributed by atoms with Crippen molar-refractivity contribution in [1.82, 2.24) is 19.9 Å². The maximum atomic E-state index is 12.2. The molecule has 2 saturated heterocycles. The minimum Gasteiger partial charge on any atom is -0.397 e. The van der Waals surface area contributed by atoms with Crippen LogP contribution in [-0.4, -0.2) is 62.6 Å². The van der Waals surface area contributed by atoms with Gasteiger partial charge in [0.05, 0.1) is 17.0 Å². The highest BCUT2D eigenvalue weighted by atomic mass is 16.2. The topological polar surface area (TPSA) is 109 Å². The summed E-state index contributed by atoms with van der Waals surface area (Å²) in [6.45, 7) is 6.49. The summed E-state index contributed by atoms with van der Waals surface area (Å²) in [6, 6.07) is 3.96. The summed E-state index contributed by atoms with van der Waals surface area (Å²) in [4.78, 5) is 28.1. The number of carbonyl (C=O) groups is 1. The van der Waals surface area contributed by atoms with E-state index in [0.717, 1.165) is 42.9 Å². The molecule has 8 heteroatoms. The average Bonchev–Trinajstić information content (AvgIpc) is 3.28. The van der Waals surface area contributed by atoms with Gasteiger partial charge in [0.2, 0.25) is 5.91 Å². The number of anilines is 1. The minimum absolute atomic E-state index is 0.0377. The number of nitrogens with one attached hydrogen (secondary N) is 1. The summed E-state index contributed by atoms with van der Waals surface area (Å²) in [5.74, 6) is 1.31. The van der Waals surface area contributed by atoms with Crippen LogP contribution in [0.25, 0.3) is 11.0 Å². The maximum absolute atomic E-state index is 12.2. The molecule has 0 aromatic carbocycles. The Morgan fingerprint density at radius 3 is 3.00 bits per heavy atom. The molecule has 2 aromatic rings. The second kappa shape index (κ2) is 7.30. The summed E-state index contributed by atoms with van der Waals surface area (Å²) in [5.41, 5.74) is 0.677. The number of aromatic nitrogens is 3. The highest BCUT2D eigenvalue weighted by molar-refractivity contribution is 5.87. The van der Waals surface area contributed by atoms with Crippen molar-refractivity contribution in [2.24, 2.45) is 5.92 Å². The molecule has 2 aliphatic rings. The van der Waals surface area contributed by atoms with Crippen LogP contribution < -0.4 is 4.90 Å². The van der Waals surface area contributed by atoms with Gasteiger partial charge in [-0.25, -0.2) is 9.97 Å². The monoisotopic (exact) mass is 356 g/mol. The van der Waals surface area contributed by atoms with E-state index >= 15 is 0 Å². The van der Waals surface area contributed by atoms with Gasteiger partial charge in [0.1, 0.15) is 24.2 Å². The second-order valence-electron chi connectivity index (χ2n) is 6.77. The first kappa shape index (κ1) is 18.1. The molecule has 1 spiro atoms. The Bertz CT molecular complexity index is 828. The number of aromatic amines is 1. The maximum Gasteiger partial charge on any atom is 0.237 e. The van der Waals surface area contributed by atoms with E-state index in [1.54, 1.807) is 13.3 Å². The standard InChI is InChI=1S/C16H18N6O.C2H6O/c1-11-8-22(13(23)2-5-17)16(11)4-7-21(9-16)15-12-3-6-18-14(12)19-10-20-15;1-2-3/h3,6,10-11H,2,4,7-9H2,1H3,(H,18,19,20);3H,2H2,1H3/t11-,16-;/m0./s1. The normalized spacial score (nSPS) is 24.2. The first-order valence-corrected chi connectivity index (χ1v) is 8.88. The van der Waals surface area contributed by atoms with Gasteiger partial charge in [0, 0.05) is 32.4 Å². The predicted octanol–water partition coefficient (Wildman–Crippen LogP) is 1.30. The van der Waals surface area contributed by atoms with Gasteiger partial charge < -0.3 is 19.9 Å². The van der Waals surface area contributed by atoms with Crippen LogP contribution in [0.1, 0.15) is 26.7 Å². The van der Waals surface area contributed by atoms with Crippen LogP contribution in [0.15, 0.2) is 18.6 Å². The summed E-state index contributed by atoms with van der Waals surface area (Å²) in [6.07, 6.45) is 4.32. The number of hydrogen-bond acceptors (Lipinski definition) is 6. The quantitative estimate of drug-likeness (QED) is 0.839. The molecule has 2 N–H and O–H groups in total. The lowest BCUT2D eigenvalue weighted by atomic mass is 9.74. The minimum atomic E-state index is -0.151. The SMILES string of the molecule is CCO.C[C@H]1CN(C(=O)CC#N)[C@]12CCN(c1ncnc3[nH]ccc13)C2. The van der Waals surface area contributed by atoms with Crippen molar-refractivity contribution in [3.8, 4) is 6.07 Å². The van der Waals surface area contributed by atoms with Crippen molar-refractivity contribution in [2.45, 2.75) is 32.2 Å². The third kappa shape index (κ3) is 2.88. The van der Waals surface area contributed by atoms with Gasteiger partial charge in [0.25, 0.3) is 0 Å². The lowest BCUT2D eigenvalue weighted by molar-refractivity contribution is -0.152. The molecule has 138 valence electrons. The first-order chi connectivity index (χ1) is 12.6. The zero-order valence-corrected chi connectivity index (χ0v) is 15.1. The summed E-state index contributed by atoms with van der Waals surface area (Å²) in [7, 11) is 0. The molecule has 2 aromatic heterocycles. The van der Waals surface area contributed by atoms with E-state index in [4.69, 9.17) is 10.4 Å². The molecular weight excluding hydrogens is 332 g/mol. The number of aliphatic hydroxyl groups is 1. The number of hydrogen-bond donors (Lipinski definition) is 2. The van der Waals surface area contributed by atoms with E-state index in [1.807, 2.05) is 23.2 Å². The van der Waals surface area contributed by atoms with Crippen LogP contribution in [0.4, 0.5) is 5.82 Å². The van der Waals surface area contributed by atoms with E-state index in [0.29, 0.717) is 5.92 Å². The van der Waals surface area contributed by atoms with E-state index in [-0.39, 0.29) is 24.5 Å². The molecule has 8 nitrogen and oxygen atoms in total. The molecule has 0 aliphatic carbocycles. The number of likely N-dealkylation sites (tertiary alicyclic amines) is 1. The smallest absolute Gasteiger partial charge is 0.237 e. The highest BCUT2D eigenvalue weighted by Gasteiger charge is 2.56. The fraction of sp³-hybridized carbons (Fsp3) is 0.556. The Kier molecular flexibility index (Phi) is 5.09. The molecule has 4 rings (SSSR count). The molecule has 26 heavy (non-hydrogen) atoms. The molecule has 0 saturated carbocycles. The molecule has 1 amide bonds. The highest BCUT2D eigenvalue weighted by Crippen LogP contribution is 2.45. The van der Waals surface area contributed by atoms with Crippen LogP contribution in [-0.2, 0) is 4.79 Å². The van der Waals surface area contributed by atoms with Gasteiger partial charge >= 0.3 is 0 Å². The van der Waals surface area contributed by atoms with Crippen LogP contribution in [0.3, 0.4) is 0 Å². The van der Waals surface area contributed by atoms with Crippen LogP contribution >= 0.6 is 0 Å². The molecule has 0 bridgehead atoms. The van der Waals surface area contributed by atoms with Crippen LogP contribution in [0.5, 0.6) is 0 Å². The van der Waals surface area contributed by atoms with Crippen LogP contribution in [0, 0.1) is 17.2 Å². The number of fused-ring (bicyclic) bond motifs is 1. The third-order valence-electron chi connectivity index (χ3n) is 5.35. The van der Waals surface area contributed by atoms with E-state index in [9.17, 15) is 4.79 Å². The van der Waals surface area contributed by atoms with Gasteiger partial charge in [-0.3, -0.25) is 4.79 Å². The van der Waals surface area contributed by atoms with Crippen molar-refractivity contribution in [1.29, 1.82) is 5.26 Å². The molecule has 2 atom stereocenters. The predicted molar refractivity (Wildman–Crippen MR) is 97.3 cm³/mol. The Labute approximate surface area is 152 Å². The largest absolute Gasteiger partial charge is 0.397 e. The lowest BCUT2D eigenvalue weighted by Crippen LogP contribution is -2.69.